The first-order valence-corrected chi connectivity index (χ1v) is 21.2. The van der Waals surface area contributed by atoms with Crippen LogP contribution in [0.1, 0.15) is 0 Å². The van der Waals surface area contributed by atoms with Crippen LogP contribution in [0.4, 0.5) is 0 Å². The van der Waals surface area contributed by atoms with Crippen LogP contribution in [0, 0.1) is 0 Å². The van der Waals surface area contributed by atoms with Crippen molar-refractivity contribution in [2.24, 2.45) is 0 Å². The lowest BCUT2D eigenvalue weighted by atomic mass is 9.99. The molecule has 0 aromatic rings. The summed E-state index contributed by atoms with van der Waals surface area (Å²) in [4.78, 5) is 43.0. The monoisotopic (exact) mass is 1040 g/mol. The molecule has 400 valence electrons. The Morgan fingerprint density at radius 2 is 0.559 bits per heavy atom. The summed E-state index contributed by atoms with van der Waals surface area (Å²) < 4.78 is 128. The minimum Gasteiger partial charge on any atom is -0.726 e. The molecule has 0 radical (unpaired) electrons. The Balaban J connectivity index is 0.000000456. The van der Waals surface area contributed by atoms with Crippen LogP contribution in [-0.2, 0) is 105 Å². The van der Waals surface area contributed by atoms with Crippen LogP contribution in [0.3, 0.4) is 0 Å². The highest BCUT2D eigenvalue weighted by molar-refractivity contribution is 7.81. The second kappa shape index (κ2) is 28.1. The fourth-order valence-electron chi connectivity index (χ4n) is 6.38. The van der Waals surface area contributed by atoms with E-state index in [9.17, 15) is 96.2 Å². The van der Waals surface area contributed by atoms with Crippen molar-refractivity contribution in [3.63, 3.8) is 0 Å². The van der Waals surface area contributed by atoms with Gasteiger partial charge in [-0.15, -0.1) is 0 Å². The molecule has 0 aromatic carbocycles. The number of carboxylic acid groups (broad SMARTS) is 4. The topological polar surface area (TPSA) is 526 Å². The molecule has 20 atom stereocenters. The molecule has 4 fully saturated rings. The average molecular weight is 1040 g/mol. The van der Waals surface area contributed by atoms with Gasteiger partial charge in [-0.05, 0) is 0 Å². The smallest absolute Gasteiger partial charge is 0.218 e. The third kappa shape index (κ3) is 17.0. The van der Waals surface area contributed by atoms with Crippen molar-refractivity contribution in [3.05, 3.63) is 0 Å². The molecule has 0 amide bonds. The second-order valence-electron chi connectivity index (χ2n) is 13.6. The van der Waals surface area contributed by atoms with Gasteiger partial charge in [0.2, 0.25) is 20.8 Å². The van der Waals surface area contributed by atoms with Gasteiger partial charge in [0, 0.05) is 56.9 Å². The van der Waals surface area contributed by atoms with Crippen LogP contribution in [0.25, 0.3) is 0 Å². The Morgan fingerprint density at radius 1 is 0.353 bits per heavy atom. The van der Waals surface area contributed by atoms with E-state index in [1.807, 2.05) is 0 Å². The Labute approximate surface area is 385 Å². The van der Waals surface area contributed by atoms with Gasteiger partial charge in [0.25, 0.3) is 0 Å². The van der Waals surface area contributed by atoms with Crippen LogP contribution in [0.2, 0.25) is 0 Å². The van der Waals surface area contributed by atoms with Gasteiger partial charge >= 0.3 is 0 Å². The Kier molecular flexibility index (Phi) is 26.0. The molecule has 4 aliphatic heterocycles. The molecule has 68 heavy (non-hydrogen) atoms. The van der Waals surface area contributed by atoms with E-state index in [1.54, 1.807) is 0 Å². The van der Waals surface area contributed by atoms with Gasteiger partial charge < -0.3 is 136 Å². The number of carboxylic acids is 4. The molecule has 4 heterocycles. The van der Waals surface area contributed by atoms with Gasteiger partial charge in [-0.3, -0.25) is 8.37 Å². The van der Waals surface area contributed by atoms with Crippen LogP contribution >= 0.6 is 0 Å². The minimum absolute atomic E-state index is 1.05. The zero-order valence-electron chi connectivity index (χ0n) is 36.5. The van der Waals surface area contributed by atoms with Gasteiger partial charge in [0.15, 0.2) is 37.4 Å². The van der Waals surface area contributed by atoms with Crippen molar-refractivity contribution in [2.75, 3.05) is 56.9 Å². The number of hydrogen-bond donors (Lipinski definition) is 6. The van der Waals surface area contributed by atoms with Crippen LogP contribution in [-0.4, -0.2) is 260 Å². The van der Waals surface area contributed by atoms with Gasteiger partial charge in [-0.2, -0.15) is 0 Å². The molecule has 0 aromatic heterocycles. The first kappa shape index (κ1) is 62.9. The van der Waals surface area contributed by atoms with Crippen LogP contribution < -0.4 is 20.4 Å². The molecule has 6 N–H and O–H groups in total. The van der Waals surface area contributed by atoms with E-state index < -0.39 is 167 Å². The zero-order chi connectivity index (χ0) is 52.8. The predicted octanol–water partition coefficient (Wildman–Crippen LogP) is -13.7. The summed E-state index contributed by atoms with van der Waals surface area (Å²) in [6.45, 7) is 0. The lowest BCUT2D eigenvalue weighted by molar-refractivity contribution is -0.349. The molecular weight excluding hydrogens is 992 g/mol. The van der Waals surface area contributed by atoms with Crippen LogP contribution in [0.5, 0.6) is 0 Å². The predicted molar refractivity (Wildman–Crippen MR) is 191 cm³/mol. The molecule has 34 nitrogen and oxygen atoms in total. The van der Waals surface area contributed by atoms with Crippen molar-refractivity contribution >= 4 is 44.7 Å². The number of methoxy groups -OCH3 is 8. The Morgan fingerprint density at radius 3 is 0.735 bits per heavy atom. The molecule has 0 saturated carbocycles. The lowest BCUT2D eigenvalue weighted by Crippen LogP contribution is -2.63. The minimum atomic E-state index is -5.16. The van der Waals surface area contributed by atoms with E-state index in [2.05, 4.69) is 36.8 Å². The maximum atomic E-state index is 10.8. The molecule has 4 aliphatic rings. The first-order valence-electron chi connectivity index (χ1n) is 18.5. The number of rotatable bonds is 16. The average Bonchev–Trinajstić information content (AvgIpc) is 3.25. The summed E-state index contributed by atoms with van der Waals surface area (Å²) in [7, 11) is -1.26. The van der Waals surface area contributed by atoms with E-state index in [-0.39, 0.29) is 0 Å². The fourth-order valence-corrected chi connectivity index (χ4v) is 7.34. The SMILES string of the molecule is CO[C@@H]1OC(C(=O)[O-])[C@@H](OC)[C@@H](O)C1O.CO[C@@H]1OC(C(=O)[O-])[C@@H](OC)[C@@H](O)C1O.CO[C@@H]1OC(C(=O)[O-])[C@@H](OC)[C@@H](O)C1OS(=O)(=O)[O-].CO[C@@H]1OC(C(=O)[O-])[C@@H](OC)[C@@H](O)C1OS(=O)(=O)[O-]. The molecule has 0 aliphatic carbocycles. The second-order valence-corrected chi connectivity index (χ2v) is 15.6. The third-order valence-corrected chi connectivity index (χ3v) is 10.5. The van der Waals surface area contributed by atoms with E-state index in [4.69, 9.17) is 28.4 Å². The van der Waals surface area contributed by atoms with E-state index >= 15 is 0 Å². The third-order valence-electron chi connectivity index (χ3n) is 9.54. The Hall–Kier alpha value is -3.10. The quantitative estimate of drug-likeness (QED) is 0.0617. The summed E-state index contributed by atoms with van der Waals surface area (Å²) in [5.41, 5.74) is 0. The number of hydrogen-bond acceptors (Lipinski definition) is 34. The lowest BCUT2D eigenvalue weighted by Gasteiger charge is -2.43. The molecular formula is C32H50O34S2-6. The maximum Gasteiger partial charge on any atom is 0.218 e. The van der Waals surface area contributed by atoms with Crippen LogP contribution in [0.15, 0.2) is 0 Å². The molecule has 8 unspecified atom stereocenters. The molecule has 4 saturated heterocycles. The first-order chi connectivity index (χ1) is 31.5. The summed E-state index contributed by atoms with van der Waals surface area (Å²) in [6, 6.07) is 0. The Bertz CT molecular complexity index is 1670. The highest BCUT2D eigenvalue weighted by Crippen LogP contribution is 2.29. The number of aliphatic hydroxyl groups excluding tert-OH is 6. The summed E-state index contributed by atoms with van der Waals surface area (Å²) in [5, 5.41) is 101. The molecule has 36 heteroatoms. The number of ether oxygens (including phenoxy) is 12. The number of carbonyl (C=O) groups is 4. The van der Waals surface area contributed by atoms with E-state index in [0.29, 0.717) is 0 Å². The number of carbonyl (C=O) groups excluding carboxylic acids is 4. The highest BCUT2D eigenvalue weighted by atomic mass is 32.3. The van der Waals surface area contributed by atoms with Gasteiger partial charge in [0.1, 0.15) is 85.5 Å². The molecule has 0 spiro atoms. The van der Waals surface area contributed by atoms with Gasteiger partial charge in [0.05, 0.1) is 23.9 Å². The normalized spacial score (nSPS) is 38.5. The largest absolute Gasteiger partial charge is 0.726 e. The number of aliphatic carboxylic acids is 4. The standard InChI is InChI=1S/2C8H14O10S.2C8H14O7/c2*1-15-4-3(9)5(18-19(12,13)14)8(16-2)17-6(4)7(10)11;2*1-13-5-3(9)4(10)8(14-2)15-6(5)7(11)12/h2*3-6,8-9H,1-2H3,(H,10,11)(H,12,13,14);2*3-6,8-10H,1-2H3,(H,11,12)/p-6/t2*3-,4+,5?,6?,8-;2*3-,4?,5-,6?,8+/m1100/s1. The summed E-state index contributed by atoms with van der Waals surface area (Å²) in [6.07, 6.45) is -29.9. The van der Waals surface area contributed by atoms with Gasteiger partial charge in [-0.25, -0.2) is 16.8 Å². The summed E-state index contributed by atoms with van der Waals surface area (Å²) >= 11 is 0. The van der Waals surface area contributed by atoms with Crippen molar-refractivity contribution in [1.82, 2.24) is 0 Å². The zero-order valence-corrected chi connectivity index (χ0v) is 38.1. The molecule has 0 bridgehead atoms. The number of aliphatic hydroxyl groups is 6. The summed E-state index contributed by atoms with van der Waals surface area (Å²) in [5.74, 6) is -6.46. The van der Waals surface area contributed by atoms with E-state index in [0.717, 1.165) is 28.4 Å². The van der Waals surface area contributed by atoms with Crippen molar-refractivity contribution in [3.8, 4) is 0 Å². The van der Waals surface area contributed by atoms with Crippen molar-refractivity contribution in [1.29, 1.82) is 0 Å². The van der Waals surface area contributed by atoms with E-state index in [1.165, 1.54) is 28.4 Å². The molecule has 4 rings (SSSR count). The maximum absolute atomic E-state index is 10.8. The van der Waals surface area contributed by atoms with Crippen molar-refractivity contribution in [2.45, 2.75) is 123 Å². The van der Waals surface area contributed by atoms with Gasteiger partial charge in [-0.1, -0.05) is 0 Å². The fraction of sp³-hybridized carbons (Fsp3) is 0.875. The van der Waals surface area contributed by atoms with Crippen molar-refractivity contribution < 1.29 is 161 Å². The highest BCUT2D eigenvalue weighted by Gasteiger charge is 2.50.